The van der Waals surface area contributed by atoms with E-state index < -0.39 is 5.97 Å². The Morgan fingerprint density at radius 2 is 1.43 bits per heavy atom. The zero-order valence-electron chi connectivity index (χ0n) is 17.2. The van der Waals surface area contributed by atoms with Crippen LogP contribution in [0.1, 0.15) is 49.9 Å². The van der Waals surface area contributed by atoms with Crippen LogP contribution in [0.2, 0.25) is 0 Å². The van der Waals surface area contributed by atoms with E-state index in [2.05, 4.69) is 13.8 Å². The first-order valence-corrected chi connectivity index (χ1v) is 9.58. The first-order chi connectivity index (χ1) is 13.4. The topological polar surface area (TPSA) is 54.0 Å². The number of carbonyl (C=O) groups excluding carboxylic acids is 1. The van der Waals surface area contributed by atoms with E-state index in [-0.39, 0.29) is 5.60 Å². The molecule has 0 bridgehead atoms. The van der Waals surface area contributed by atoms with Crippen molar-refractivity contribution < 1.29 is 23.7 Å². The highest BCUT2D eigenvalue weighted by Gasteiger charge is 2.15. The highest BCUT2D eigenvalue weighted by atomic mass is 16.5. The number of unbranched alkanes of at least 4 members (excludes halogenated alkanes) is 2. The molecule has 0 fully saturated rings. The van der Waals surface area contributed by atoms with Crippen molar-refractivity contribution >= 4 is 5.97 Å². The third-order valence-electron chi connectivity index (χ3n) is 4.60. The largest absolute Gasteiger partial charge is 0.497 e. The molecule has 5 heteroatoms. The maximum Gasteiger partial charge on any atom is 0.343 e. The van der Waals surface area contributed by atoms with E-state index in [9.17, 15) is 4.79 Å². The number of hydrogen-bond acceptors (Lipinski definition) is 5. The van der Waals surface area contributed by atoms with Crippen LogP contribution in [-0.4, -0.2) is 32.4 Å². The van der Waals surface area contributed by atoms with E-state index in [1.54, 1.807) is 62.8 Å². The third-order valence-corrected chi connectivity index (χ3v) is 4.60. The van der Waals surface area contributed by atoms with Crippen LogP contribution in [0.15, 0.2) is 48.5 Å². The lowest BCUT2D eigenvalue weighted by molar-refractivity contribution is 0.0132. The summed E-state index contributed by atoms with van der Waals surface area (Å²) in [6.45, 7) is 4.86. The fraction of sp³-hybridized carbons (Fsp3) is 0.435. The molecule has 0 saturated carbocycles. The van der Waals surface area contributed by atoms with Crippen molar-refractivity contribution in [3.63, 3.8) is 0 Å². The minimum Gasteiger partial charge on any atom is -0.497 e. The standard InChI is InChI=1S/C23H30O5/c1-23(2,26-4)16-6-5-7-17-27-20-10-8-18(9-11-20)22(24)28-21-14-12-19(25-3)13-15-21/h8-15H,5-7,16-17H2,1-4H3. The van der Waals surface area contributed by atoms with Crippen molar-refractivity contribution in [3.8, 4) is 17.2 Å². The van der Waals surface area contributed by atoms with Crippen molar-refractivity contribution in [2.24, 2.45) is 0 Å². The molecule has 2 aromatic rings. The van der Waals surface area contributed by atoms with Gasteiger partial charge in [0.25, 0.3) is 0 Å². The molecule has 0 saturated heterocycles. The maximum absolute atomic E-state index is 12.2. The van der Waals surface area contributed by atoms with Crippen LogP contribution >= 0.6 is 0 Å². The lowest BCUT2D eigenvalue weighted by Gasteiger charge is -2.22. The van der Waals surface area contributed by atoms with Crippen molar-refractivity contribution in [1.82, 2.24) is 0 Å². The highest BCUT2D eigenvalue weighted by molar-refractivity contribution is 5.91. The van der Waals surface area contributed by atoms with Crippen LogP contribution in [0.4, 0.5) is 0 Å². The number of benzene rings is 2. The van der Waals surface area contributed by atoms with Gasteiger partial charge in [0, 0.05) is 7.11 Å². The number of hydrogen-bond donors (Lipinski definition) is 0. The molecule has 0 spiro atoms. The summed E-state index contributed by atoms with van der Waals surface area (Å²) in [7, 11) is 3.34. The molecule has 0 amide bonds. The molecule has 28 heavy (non-hydrogen) atoms. The van der Waals surface area contributed by atoms with E-state index >= 15 is 0 Å². The van der Waals surface area contributed by atoms with Crippen molar-refractivity contribution in [3.05, 3.63) is 54.1 Å². The quantitative estimate of drug-likeness (QED) is 0.299. The molecule has 0 heterocycles. The van der Waals surface area contributed by atoms with Crippen LogP contribution in [0, 0.1) is 0 Å². The molecule has 0 aromatic heterocycles. The van der Waals surface area contributed by atoms with Crippen LogP contribution in [-0.2, 0) is 4.74 Å². The summed E-state index contributed by atoms with van der Waals surface area (Å²) in [5.74, 6) is 1.53. The predicted molar refractivity (Wildman–Crippen MR) is 109 cm³/mol. The maximum atomic E-state index is 12.2. The molecule has 0 radical (unpaired) electrons. The molecular formula is C23H30O5. The summed E-state index contributed by atoms with van der Waals surface area (Å²) in [5.41, 5.74) is 0.418. The Balaban J connectivity index is 1.72. The molecule has 5 nitrogen and oxygen atoms in total. The van der Waals surface area contributed by atoms with Gasteiger partial charge in [0.1, 0.15) is 17.2 Å². The number of carbonyl (C=O) groups is 1. The van der Waals surface area contributed by atoms with Gasteiger partial charge in [0.15, 0.2) is 0 Å². The fourth-order valence-electron chi connectivity index (χ4n) is 2.62. The molecule has 0 unspecified atom stereocenters. The van der Waals surface area contributed by atoms with Crippen LogP contribution < -0.4 is 14.2 Å². The van der Waals surface area contributed by atoms with Gasteiger partial charge in [0.05, 0.1) is 24.9 Å². The molecule has 0 atom stereocenters. The van der Waals surface area contributed by atoms with Crippen molar-refractivity contribution in [1.29, 1.82) is 0 Å². The van der Waals surface area contributed by atoms with Gasteiger partial charge in [-0.3, -0.25) is 0 Å². The highest BCUT2D eigenvalue weighted by Crippen LogP contribution is 2.20. The van der Waals surface area contributed by atoms with E-state index in [1.165, 1.54) is 0 Å². The normalized spacial score (nSPS) is 11.1. The van der Waals surface area contributed by atoms with E-state index in [4.69, 9.17) is 18.9 Å². The molecular weight excluding hydrogens is 356 g/mol. The second-order valence-corrected chi connectivity index (χ2v) is 7.21. The fourth-order valence-corrected chi connectivity index (χ4v) is 2.62. The van der Waals surface area contributed by atoms with Gasteiger partial charge in [-0.1, -0.05) is 6.42 Å². The van der Waals surface area contributed by atoms with Crippen LogP contribution in [0.5, 0.6) is 17.2 Å². The van der Waals surface area contributed by atoms with Gasteiger partial charge in [-0.25, -0.2) is 4.79 Å². The number of rotatable bonds is 11. The Kier molecular flexibility index (Phi) is 8.33. The van der Waals surface area contributed by atoms with E-state index in [0.717, 1.165) is 31.4 Å². The average molecular weight is 386 g/mol. The Morgan fingerprint density at radius 3 is 2.04 bits per heavy atom. The average Bonchev–Trinajstić information content (AvgIpc) is 2.71. The number of methoxy groups -OCH3 is 2. The first-order valence-electron chi connectivity index (χ1n) is 9.58. The molecule has 0 aliphatic heterocycles. The molecule has 2 aromatic carbocycles. The van der Waals surface area contributed by atoms with E-state index in [1.807, 2.05) is 0 Å². The summed E-state index contributed by atoms with van der Waals surface area (Å²) in [6, 6.07) is 13.9. The first kappa shape index (κ1) is 21.8. The molecule has 0 N–H and O–H groups in total. The van der Waals surface area contributed by atoms with Gasteiger partial charge in [-0.05, 0) is 81.6 Å². The SMILES string of the molecule is COc1ccc(OC(=O)c2ccc(OCCCCCC(C)(C)OC)cc2)cc1. The second-order valence-electron chi connectivity index (χ2n) is 7.21. The number of ether oxygens (including phenoxy) is 4. The summed E-state index contributed by atoms with van der Waals surface area (Å²) in [4.78, 5) is 12.2. The van der Waals surface area contributed by atoms with Crippen molar-refractivity contribution in [2.45, 2.75) is 45.1 Å². The Hall–Kier alpha value is -2.53. The van der Waals surface area contributed by atoms with Crippen LogP contribution in [0.25, 0.3) is 0 Å². The summed E-state index contributed by atoms with van der Waals surface area (Å²) >= 11 is 0. The summed E-state index contributed by atoms with van der Waals surface area (Å²) in [5, 5.41) is 0. The van der Waals surface area contributed by atoms with Crippen molar-refractivity contribution in [2.75, 3.05) is 20.8 Å². The lowest BCUT2D eigenvalue weighted by Crippen LogP contribution is -2.21. The number of esters is 1. The molecule has 2 rings (SSSR count). The zero-order chi connectivity index (χ0) is 20.4. The monoisotopic (exact) mass is 386 g/mol. The minimum atomic E-state index is -0.405. The Labute approximate surface area is 167 Å². The second kappa shape index (κ2) is 10.7. The Bertz CT molecular complexity index is 720. The lowest BCUT2D eigenvalue weighted by atomic mass is 10.0. The van der Waals surface area contributed by atoms with Crippen LogP contribution in [0.3, 0.4) is 0 Å². The van der Waals surface area contributed by atoms with Gasteiger partial charge in [0.2, 0.25) is 0 Å². The molecule has 152 valence electrons. The summed E-state index contributed by atoms with van der Waals surface area (Å²) < 4.78 is 21.6. The minimum absolute atomic E-state index is 0.0584. The Morgan fingerprint density at radius 1 is 0.821 bits per heavy atom. The molecule has 0 aliphatic carbocycles. The third kappa shape index (κ3) is 7.24. The zero-order valence-corrected chi connectivity index (χ0v) is 17.2. The summed E-state index contributed by atoms with van der Waals surface area (Å²) in [6.07, 6.45) is 4.23. The van der Waals surface area contributed by atoms with Gasteiger partial charge >= 0.3 is 5.97 Å². The van der Waals surface area contributed by atoms with E-state index in [0.29, 0.717) is 23.7 Å². The van der Waals surface area contributed by atoms with Gasteiger partial charge in [-0.2, -0.15) is 0 Å². The smallest absolute Gasteiger partial charge is 0.343 e. The van der Waals surface area contributed by atoms with Gasteiger partial charge in [-0.15, -0.1) is 0 Å². The van der Waals surface area contributed by atoms with Gasteiger partial charge < -0.3 is 18.9 Å². The predicted octanol–water partition coefficient (Wildman–Crippen LogP) is 5.28. The molecule has 0 aliphatic rings.